The van der Waals surface area contributed by atoms with Crippen molar-refractivity contribution in [3.8, 4) is 0 Å². The number of nitrogens with zero attached hydrogens (tertiary/aromatic N) is 5. The molecule has 1 aliphatic carbocycles. The van der Waals surface area contributed by atoms with E-state index in [0.29, 0.717) is 23.0 Å². The molecule has 3 aromatic heterocycles. The van der Waals surface area contributed by atoms with Crippen molar-refractivity contribution in [2.24, 2.45) is 0 Å². The van der Waals surface area contributed by atoms with Gasteiger partial charge in [-0.1, -0.05) is 24.4 Å². The van der Waals surface area contributed by atoms with Crippen LogP contribution in [0.1, 0.15) is 60.1 Å². The van der Waals surface area contributed by atoms with Crippen molar-refractivity contribution < 1.29 is 9.32 Å². The van der Waals surface area contributed by atoms with Crippen LogP contribution in [0.25, 0.3) is 5.65 Å². The molecule has 8 heteroatoms. The van der Waals surface area contributed by atoms with E-state index < -0.39 is 0 Å². The van der Waals surface area contributed by atoms with Crippen molar-refractivity contribution in [1.82, 2.24) is 30.1 Å². The topological polar surface area (TPSA) is 98.2 Å². The summed E-state index contributed by atoms with van der Waals surface area (Å²) in [7, 11) is 0. The van der Waals surface area contributed by atoms with Crippen LogP contribution < -0.4 is 5.32 Å². The van der Waals surface area contributed by atoms with Crippen molar-refractivity contribution in [1.29, 1.82) is 0 Å². The first kappa shape index (κ1) is 14.8. The third-order valence-corrected chi connectivity index (χ3v) is 4.42. The van der Waals surface area contributed by atoms with Gasteiger partial charge in [-0.05, 0) is 25.0 Å². The summed E-state index contributed by atoms with van der Waals surface area (Å²) in [6, 6.07) is 3.49. The molecule has 1 saturated carbocycles. The van der Waals surface area contributed by atoms with Crippen LogP contribution in [0.3, 0.4) is 0 Å². The van der Waals surface area contributed by atoms with Crippen LogP contribution in [-0.2, 0) is 6.54 Å². The van der Waals surface area contributed by atoms with Gasteiger partial charge in [-0.3, -0.25) is 9.20 Å². The predicted molar refractivity (Wildman–Crippen MR) is 84.3 cm³/mol. The Balaban J connectivity index is 1.42. The first-order chi connectivity index (χ1) is 11.8. The number of carbonyl (C=O) groups is 1. The third kappa shape index (κ3) is 2.86. The van der Waals surface area contributed by atoms with Gasteiger partial charge in [0.25, 0.3) is 5.91 Å². The van der Waals surface area contributed by atoms with Gasteiger partial charge in [-0.2, -0.15) is 4.98 Å². The molecule has 0 saturated heterocycles. The second-order valence-electron chi connectivity index (χ2n) is 6.05. The highest BCUT2D eigenvalue weighted by Crippen LogP contribution is 2.30. The Labute approximate surface area is 138 Å². The fourth-order valence-corrected chi connectivity index (χ4v) is 3.15. The molecule has 1 amide bonds. The molecule has 1 aliphatic rings. The summed E-state index contributed by atoms with van der Waals surface area (Å²) < 4.78 is 6.96. The lowest BCUT2D eigenvalue weighted by Crippen LogP contribution is -2.23. The molecule has 1 fully saturated rings. The maximum absolute atomic E-state index is 12.4. The van der Waals surface area contributed by atoms with Crippen molar-refractivity contribution in [2.75, 3.05) is 0 Å². The molecule has 0 bridgehead atoms. The van der Waals surface area contributed by atoms with E-state index >= 15 is 0 Å². The van der Waals surface area contributed by atoms with Crippen molar-refractivity contribution in [3.63, 3.8) is 0 Å². The van der Waals surface area contributed by atoms with Gasteiger partial charge < -0.3 is 9.84 Å². The van der Waals surface area contributed by atoms with Crippen molar-refractivity contribution in [2.45, 2.75) is 44.6 Å². The zero-order chi connectivity index (χ0) is 16.4. The molecule has 3 aromatic rings. The highest BCUT2D eigenvalue weighted by atomic mass is 16.5. The number of carbonyl (C=O) groups excluding carboxylic acids is 1. The molecule has 124 valence electrons. The van der Waals surface area contributed by atoms with Crippen LogP contribution in [-0.4, -0.2) is 30.6 Å². The molecule has 0 aromatic carbocycles. The van der Waals surface area contributed by atoms with Gasteiger partial charge >= 0.3 is 0 Å². The lowest BCUT2D eigenvalue weighted by molar-refractivity contribution is 0.0947. The largest absolute Gasteiger partial charge is 0.343 e. The van der Waals surface area contributed by atoms with Crippen LogP contribution in [0, 0.1) is 0 Å². The average Bonchev–Trinajstić information content (AvgIpc) is 3.29. The molecule has 0 unspecified atom stereocenters. The van der Waals surface area contributed by atoms with Gasteiger partial charge in [-0.25, -0.2) is 0 Å². The summed E-state index contributed by atoms with van der Waals surface area (Å²) in [6.07, 6.45) is 9.29. The Morgan fingerprint density at radius 1 is 1.33 bits per heavy atom. The molecule has 24 heavy (non-hydrogen) atoms. The SMILES string of the molecule is O=C(NCc1nc(C2CCCCC2)no1)c1cccn2cnnc12. The quantitative estimate of drug-likeness (QED) is 0.788. The van der Waals surface area contributed by atoms with Gasteiger partial charge in [0.05, 0.1) is 12.1 Å². The van der Waals surface area contributed by atoms with E-state index in [1.54, 1.807) is 29.1 Å². The number of rotatable bonds is 4. The van der Waals surface area contributed by atoms with Gasteiger partial charge in [0.2, 0.25) is 5.89 Å². The Hall–Kier alpha value is -2.77. The summed E-state index contributed by atoms with van der Waals surface area (Å²) in [6.45, 7) is 0.202. The first-order valence-electron chi connectivity index (χ1n) is 8.20. The maximum atomic E-state index is 12.4. The molecule has 1 N–H and O–H groups in total. The minimum absolute atomic E-state index is 0.202. The average molecular weight is 326 g/mol. The number of nitrogens with one attached hydrogen (secondary N) is 1. The Morgan fingerprint density at radius 3 is 3.08 bits per heavy atom. The number of amides is 1. The molecular weight excluding hydrogens is 308 g/mol. The summed E-state index contributed by atoms with van der Waals surface area (Å²) in [5.41, 5.74) is 0.977. The van der Waals surface area contributed by atoms with Gasteiger partial charge in [0.15, 0.2) is 11.5 Å². The smallest absolute Gasteiger partial charge is 0.255 e. The van der Waals surface area contributed by atoms with Crippen molar-refractivity contribution >= 4 is 11.6 Å². The lowest BCUT2D eigenvalue weighted by Gasteiger charge is -2.17. The van der Waals surface area contributed by atoms with E-state index in [1.807, 2.05) is 0 Å². The molecular formula is C16H18N6O2. The molecule has 0 spiro atoms. The van der Waals surface area contributed by atoms with Crippen LogP contribution in [0.15, 0.2) is 29.2 Å². The minimum Gasteiger partial charge on any atom is -0.343 e. The normalized spacial score (nSPS) is 15.7. The fourth-order valence-electron chi connectivity index (χ4n) is 3.15. The monoisotopic (exact) mass is 326 g/mol. The summed E-state index contributed by atoms with van der Waals surface area (Å²) in [4.78, 5) is 16.8. The first-order valence-corrected chi connectivity index (χ1v) is 8.20. The summed E-state index contributed by atoms with van der Waals surface area (Å²) >= 11 is 0. The summed E-state index contributed by atoms with van der Waals surface area (Å²) in [5, 5.41) is 14.6. The predicted octanol–water partition coefficient (Wildman–Crippen LogP) is 2.09. The number of hydrogen-bond donors (Lipinski definition) is 1. The van der Waals surface area contributed by atoms with Crippen LogP contribution >= 0.6 is 0 Å². The molecule has 3 heterocycles. The van der Waals surface area contributed by atoms with E-state index in [4.69, 9.17) is 4.52 Å². The highest BCUT2D eigenvalue weighted by Gasteiger charge is 2.21. The van der Waals surface area contributed by atoms with Crippen LogP contribution in [0.5, 0.6) is 0 Å². The lowest BCUT2D eigenvalue weighted by atomic mass is 9.89. The standard InChI is InChI=1S/C16H18N6O2/c23-16(12-7-4-8-22-10-18-20-15(12)22)17-9-13-19-14(21-24-13)11-5-2-1-3-6-11/h4,7-8,10-11H,1-3,5-6,9H2,(H,17,23). The number of aromatic nitrogens is 5. The molecule has 4 rings (SSSR count). The van der Waals surface area contributed by atoms with Crippen LogP contribution in [0.4, 0.5) is 0 Å². The van der Waals surface area contributed by atoms with E-state index in [1.165, 1.54) is 19.3 Å². The second-order valence-corrected chi connectivity index (χ2v) is 6.05. The number of hydrogen-bond acceptors (Lipinski definition) is 6. The van der Waals surface area contributed by atoms with E-state index in [-0.39, 0.29) is 12.5 Å². The fraction of sp³-hybridized carbons (Fsp3) is 0.438. The molecule has 8 nitrogen and oxygen atoms in total. The summed E-state index contributed by atoms with van der Waals surface area (Å²) in [5.74, 6) is 1.33. The van der Waals surface area contributed by atoms with Gasteiger partial charge in [0.1, 0.15) is 6.33 Å². The maximum Gasteiger partial charge on any atom is 0.255 e. The van der Waals surface area contributed by atoms with E-state index in [9.17, 15) is 4.79 Å². The van der Waals surface area contributed by atoms with E-state index in [2.05, 4.69) is 25.7 Å². The van der Waals surface area contributed by atoms with Gasteiger partial charge in [-0.15, -0.1) is 10.2 Å². The molecule has 0 radical (unpaired) electrons. The van der Waals surface area contributed by atoms with Gasteiger partial charge in [0, 0.05) is 12.1 Å². The molecule has 0 aliphatic heterocycles. The Morgan fingerprint density at radius 2 is 2.21 bits per heavy atom. The zero-order valence-corrected chi connectivity index (χ0v) is 13.2. The Kier molecular flexibility index (Phi) is 3.94. The molecule has 0 atom stereocenters. The number of fused-ring (bicyclic) bond motifs is 1. The number of pyridine rings is 1. The zero-order valence-electron chi connectivity index (χ0n) is 13.2. The van der Waals surface area contributed by atoms with Crippen molar-refractivity contribution in [3.05, 3.63) is 41.9 Å². The highest BCUT2D eigenvalue weighted by molar-refractivity contribution is 5.99. The second kappa shape index (κ2) is 6.38. The van der Waals surface area contributed by atoms with Crippen LogP contribution in [0.2, 0.25) is 0 Å². The third-order valence-electron chi connectivity index (χ3n) is 4.42. The minimum atomic E-state index is -0.244. The van der Waals surface area contributed by atoms with E-state index in [0.717, 1.165) is 18.7 Å². The Bertz CT molecular complexity index is 849.